The smallest absolute Gasteiger partial charge is 0.0618 e. The SMILES string of the molecule is CC1OCCC1(CCl)Cc1cncc(Br)c1. The highest BCUT2D eigenvalue weighted by Crippen LogP contribution is 2.39. The highest BCUT2D eigenvalue weighted by atomic mass is 79.9. The predicted octanol–water partition coefficient (Wildman–Crippen LogP) is 3.42. The number of hydrogen-bond donors (Lipinski definition) is 0. The van der Waals surface area contributed by atoms with Crippen LogP contribution >= 0.6 is 27.5 Å². The molecule has 1 aliphatic heterocycles. The van der Waals surface area contributed by atoms with E-state index in [1.54, 1.807) is 6.20 Å². The molecule has 0 bridgehead atoms. The zero-order chi connectivity index (χ0) is 11.6. The van der Waals surface area contributed by atoms with Gasteiger partial charge in [0.25, 0.3) is 0 Å². The Kier molecular flexibility index (Phi) is 3.88. The van der Waals surface area contributed by atoms with Gasteiger partial charge < -0.3 is 4.74 Å². The fourth-order valence-corrected chi connectivity index (χ4v) is 3.09. The fourth-order valence-electron chi connectivity index (χ4n) is 2.23. The van der Waals surface area contributed by atoms with Gasteiger partial charge in [-0.2, -0.15) is 0 Å². The minimum absolute atomic E-state index is 0.0734. The van der Waals surface area contributed by atoms with Gasteiger partial charge in [-0.05, 0) is 47.3 Å². The van der Waals surface area contributed by atoms with E-state index in [2.05, 4.69) is 33.9 Å². The summed E-state index contributed by atoms with van der Waals surface area (Å²) in [5, 5.41) is 0. The third-order valence-corrected chi connectivity index (χ3v) is 4.38. The summed E-state index contributed by atoms with van der Waals surface area (Å²) in [6, 6.07) is 2.10. The first-order valence-electron chi connectivity index (χ1n) is 5.43. The van der Waals surface area contributed by atoms with Gasteiger partial charge in [-0.1, -0.05) is 0 Å². The van der Waals surface area contributed by atoms with Gasteiger partial charge >= 0.3 is 0 Å². The molecule has 0 aliphatic carbocycles. The lowest BCUT2D eigenvalue weighted by Crippen LogP contribution is -2.33. The van der Waals surface area contributed by atoms with Crippen LogP contribution in [0.1, 0.15) is 18.9 Å². The van der Waals surface area contributed by atoms with Gasteiger partial charge in [0.1, 0.15) is 0 Å². The van der Waals surface area contributed by atoms with E-state index in [1.807, 2.05) is 6.20 Å². The van der Waals surface area contributed by atoms with Crippen molar-refractivity contribution in [2.45, 2.75) is 25.9 Å². The molecule has 0 spiro atoms. The van der Waals surface area contributed by atoms with E-state index in [0.717, 1.165) is 23.9 Å². The molecule has 0 radical (unpaired) electrons. The first-order valence-corrected chi connectivity index (χ1v) is 6.76. The van der Waals surface area contributed by atoms with Gasteiger partial charge in [0.2, 0.25) is 0 Å². The number of halogens is 2. The molecule has 0 N–H and O–H groups in total. The van der Waals surface area contributed by atoms with Crippen LogP contribution in [0, 0.1) is 5.41 Å². The van der Waals surface area contributed by atoms with Crippen molar-refractivity contribution in [3.05, 3.63) is 28.5 Å². The maximum absolute atomic E-state index is 6.14. The van der Waals surface area contributed by atoms with Gasteiger partial charge in [0.05, 0.1) is 6.10 Å². The summed E-state index contributed by atoms with van der Waals surface area (Å²) in [5.74, 6) is 0.640. The second-order valence-corrected chi connectivity index (χ2v) is 5.63. The topological polar surface area (TPSA) is 22.1 Å². The number of rotatable bonds is 3. The summed E-state index contributed by atoms with van der Waals surface area (Å²) in [5.41, 5.74) is 1.29. The Morgan fingerprint density at radius 3 is 3.00 bits per heavy atom. The molecule has 0 saturated carbocycles. The monoisotopic (exact) mass is 303 g/mol. The first kappa shape index (κ1) is 12.3. The molecule has 0 aromatic carbocycles. The molecule has 1 aliphatic rings. The molecule has 2 nitrogen and oxygen atoms in total. The normalized spacial score (nSPS) is 29.6. The molecule has 2 unspecified atom stereocenters. The number of aromatic nitrogens is 1. The maximum Gasteiger partial charge on any atom is 0.0618 e. The third-order valence-electron chi connectivity index (χ3n) is 3.41. The van der Waals surface area contributed by atoms with E-state index in [0.29, 0.717) is 5.88 Å². The van der Waals surface area contributed by atoms with Crippen LogP contribution in [0.3, 0.4) is 0 Å². The molecule has 2 atom stereocenters. The van der Waals surface area contributed by atoms with Crippen molar-refractivity contribution in [1.82, 2.24) is 4.98 Å². The second-order valence-electron chi connectivity index (χ2n) is 4.45. The minimum Gasteiger partial charge on any atom is -0.378 e. The minimum atomic E-state index is 0.0734. The predicted molar refractivity (Wildman–Crippen MR) is 68.8 cm³/mol. The Balaban J connectivity index is 2.18. The van der Waals surface area contributed by atoms with E-state index < -0.39 is 0 Å². The first-order chi connectivity index (χ1) is 7.66. The van der Waals surface area contributed by atoms with E-state index in [4.69, 9.17) is 16.3 Å². The molecule has 1 saturated heterocycles. The van der Waals surface area contributed by atoms with Crippen molar-refractivity contribution < 1.29 is 4.74 Å². The highest BCUT2D eigenvalue weighted by molar-refractivity contribution is 9.10. The largest absolute Gasteiger partial charge is 0.378 e. The van der Waals surface area contributed by atoms with Crippen LogP contribution in [-0.2, 0) is 11.2 Å². The molecular formula is C12H15BrClNO. The maximum atomic E-state index is 6.14. The molecule has 2 rings (SSSR count). The Hall–Kier alpha value is -0.120. The zero-order valence-corrected chi connectivity index (χ0v) is 11.6. The quantitative estimate of drug-likeness (QED) is 0.798. The number of nitrogens with zero attached hydrogens (tertiary/aromatic N) is 1. The van der Waals surface area contributed by atoms with Crippen molar-refractivity contribution in [3.63, 3.8) is 0 Å². The molecule has 2 heterocycles. The summed E-state index contributed by atoms with van der Waals surface area (Å²) in [6.07, 6.45) is 5.90. The molecule has 1 fully saturated rings. The summed E-state index contributed by atoms with van der Waals surface area (Å²) in [7, 11) is 0. The van der Waals surface area contributed by atoms with Gasteiger partial charge in [0, 0.05) is 34.8 Å². The van der Waals surface area contributed by atoms with Crippen molar-refractivity contribution in [1.29, 1.82) is 0 Å². The van der Waals surface area contributed by atoms with Gasteiger partial charge in [-0.25, -0.2) is 0 Å². The van der Waals surface area contributed by atoms with E-state index >= 15 is 0 Å². The number of alkyl halides is 1. The molecule has 0 amide bonds. The van der Waals surface area contributed by atoms with Crippen LogP contribution in [0.2, 0.25) is 0 Å². The lowest BCUT2D eigenvalue weighted by atomic mass is 9.78. The molecule has 16 heavy (non-hydrogen) atoms. The average Bonchev–Trinajstić information content (AvgIpc) is 2.61. The van der Waals surface area contributed by atoms with Crippen LogP contribution in [-0.4, -0.2) is 23.6 Å². The van der Waals surface area contributed by atoms with Crippen molar-refractivity contribution >= 4 is 27.5 Å². The summed E-state index contributed by atoms with van der Waals surface area (Å²) in [6.45, 7) is 2.93. The van der Waals surface area contributed by atoms with Crippen LogP contribution in [0.15, 0.2) is 22.9 Å². The summed E-state index contributed by atoms with van der Waals surface area (Å²) < 4.78 is 6.66. The molecule has 1 aromatic heterocycles. The van der Waals surface area contributed by atoms with Gasteiger partial charge in [-0.15, -0.1) is 11.6 Å². The molecule has 1 aromatic rings. The Labute approximate surface area is 109 Å². The number of ether oxygens (including phenoxy) is 1. The Morgan fingerprint density at radius 2 is 2.44 bits per heavy atom. The fraction of sp³-hybridized carbons (Fsp3) is 0.583. The van der Waals surface area contributed by atoms with E-state index in [1.165, 1.54) is 5.56 Å². The van der Waals surface area contributed by atoms with E-state index in [-0.39, 0.29) is 11.5 Å². The number of hydrogen-bond acceptors (Lipinski definition) is 2. The molecule has 88 valence electrons. The Bertz CT molecular complexity index is 374. The highest BCUT2D eigenvalue weighted by Gasteiger charge is 2.40. The average molecular weight is 305 g/mol. The molecular weight excluding hydrogens is 289 g/mol. The second kappa shape index (κ2) is 5.03. The van der Waals surface area contributed by atoms with Crippen LogP contribution in [0.25, 0.3) is 0 Å². The van der Waals surface area contributed by atoms with Gasteiger partial charge in [-0.3, -0.25) is 4.98 Å². The lowest BCUT2D eigenvalue weighted by molar-refractivity contribution is 0.0735. The lowest BCUT2D eigenvalue weighted by Gasteiger charge is -2.29. The van der Waals surface area contributed by atoms with Crippen molar-refractivity contribution in [2.24, 2.45) is 5.41 Å². The summed E-state index contributed by atoms with van der Waals surface area (Å²) in [4.78, 5) is 4.19. The zero-order valence-electron chi connectivity index (χ0n) is 9.25. The number of pyridine rings is 1. The van der Waals surface area contributed by atoms with Crippen LogP contribution in [0.4, 0.5) is 0 Å². The van der Waals surface area contributed by atoms with Gasteiger partial charge in [0.15, 0.2) is 0 Å². The van der Waals surface area contributed by atoms with Crippen LogP contribution < -0.4 is 0 Å². The third kappa shape index (κ3) is 2.41. The summed E-state index contributed by atoms with van der Waals surface area (Å²) >= 11 is 9.58. The molecule has 4 heteroatoms. The Morgan fingerprint density at radius 1 is 1.62 bits per heavy atom. The van der Waals surface area contributed by atoms with Crippen LogP contribution in [0.5, 0.6) is 0 Å². The van der Waals surface area contributed by atoms with E-state index in [9.17, 15) is 0 Å². The van der Waals surface area contributed by atoms with Crippen molar-refractivity contribution in [2.75, 3.05) is 12.5 Å². The standard InChI is InChI=1S/C12H15BrClNO/c1-9-12(8-14,2-3-16-9)5-10-4-11(13)7-15-6-10/h4,6-7,9H,2-3,5,8H2,1H3. The van der Waals surface area contributed by atoms with Crippen molar-refractivity contribution in [3.8, 4) is 0 Å².